The summed E-state index contributed by atoms with van der Waals surface area (Å²) in [4.78, 5) is 45.8. The molecule has 0 bridgehead atoms. The topological polar surface area (TPSA) is 124 Å². The first-order valence-electron chi connectivity index (χ1n) is 13.8. The summed E-state index contributed by atoms with van der Waals surface area (Å²) in [5, 5.41) is 11.8. The Morgan fingerprint density at radius 2 is 1.81 bits per heavy atom. The van der Waals surface area contributed by atoms with Gasteiger partial charge in [0, 0.05) is 12.0 Å². The third-order valence-electron chi connectivity index (χ3n) is 6.95. The summed E-state index contributed by atoms with van der Waals surface area (Å²) in [6.45, 7) is 9.91. The van der Waals surface area contributed by atoms with E-state index in [1.165, 1.54) is 4.90 Å². The molecule has 1 amide bonds. The molecule has 3 heterocycles. The molecule has 0 saturated carbocycles. The van der Waals surface area contributed by atoms with Gasteiger partial charge in [-0.2, -0.15) is 0 Å². The summed E-state index contributed by atoms with van der Waals surface area (Å²) < 4.78 is 22.5. The normalized spacial score (nSPS) is 19.0. The van der Waals surface area contributed by atoms with Crippen LogP contribution in [-0.2, 0) is 20.7 Å². The molecule has 2 aliphatic rings. The van der Waals surface area contributed by atoms with Crippen LogP contribution in [0.15, 0.2) is 42.0 Å². The number of benzene rings is 2. The van der Waals surface area contributed by atoms with Crippen LogP contribution in [0, 0.1) is 6.92 Å². The second-order valence-corrected chi connectivity index (χ2v) is 10.8. The Balaban J connectivity index is 1.69. The van der Waals surface area contributed by atoms with Crippen molar-refractivity contribution in [1.29, 1.82) is 0 Å². The molecule has 0 unspecified atom stereocenters. The lowest BCUT2D eigenvalue weighted by Gasteiger charge is -2.24. The Labute approximate surface area is 247 Å². The molecule has 1 fully saturated rings. The fraction of sp³-hybridized carbons (Fsp3) is 0.355. The molecule has 2 aliphatic heterocycles. The van der Waals surface area contributed by atoms with Gasteiger partial charge in [-0.25, -0.2) is 9.78 Å². The van der Waals surface area contributed by atoms with Gasteiger partial charge in [0.2, 0.25) is 0 Å². The van der Waals surface area contributed by atoms with Crippen LogP contribution in [0.25, 0.3) is 5.76 Å². The number of nitrogens with zero attached hydrogens (tertiary/aromatic N) is 2. The molecule has 1 aromatic heterocycles. The zero-order valence-corrected chi connectivity index (χ0v) is 24.9. The summed E-state index contributed by atoms with van der Waals surface area (Å²) in [6, 6.07) is 9.23. The van der Waals surface area contributed by atoms with E-state index < -0.39 is 23.7 Å². The van der Waals surface area contributed by atoms with Gasteiger partial charge >= 0.3 is 11.9 Å². The van der Waals surface area contributed by atoms with Crippen molar-refractivity contribution in [2.24, 2.45) is 0 Å². The number of ketones is 1. The first-order valence-corrected chi connectivity index (χ1v) is 14.6. The number of aliphatic hydroxyl groups excluding tert-OH is 1. The lowest BCUT2D eigenvalue weighted by molar-refractivity contribution is -0.132. The summed E-state index contributed by atoms with van der Waals surface area (Å²) in [5.74, 6) is -1.00. The molecular formula is C31H32N2O8S. The smallest absolute Gasteiger partial charge is 0.350 e. The molecular weight excluding hydrogens is 560 g/mol. The van der Waals surface area contributed by atoms with Crippen molar-refractivity contribution in [3.8, 4) is 17.2 Å². The van der Waals surface area contributed by atoms with E-state index in [1.807, 2.05) is 20.8 Å². The third kappa shape index (κ3) is 5.20. The minimum atomic E-state index is -1.07. The van der Waals surface area contributed by atoms with E-state index in [2.05, 4.69) is 4.98 Å². The van der Waals surface area contributed by atoms with E-state index in [-0.39, 0.29) is 34.1 Å². The van der Waals surface area contributed by atoms with Crippen molar-refractivity contribution < 1.29 is 38.4 Å². The largest absolute Gasteiger partial charge is 0.507 e. The SMILES string of the molecule is CCOC(=O)c1sc(N2C(=O)C(=O)C(=C(O)c3ccc4c(c3)C[C@@H](C)O4)[C@H]2c2ccc(OCC)c(OCC)c2)nc1C. The first kappa shape index (κ1) is 29.1. The van der Waals surface area contributed by atoms with Crippen LogP contribution >= 0.6 is 11.3 Å². The van der Waals surface area contributed by atoms with Gasteiger partial charge in [0.1, 0.15) is 22.5 Å². The summed E-state index contributed by atoms with van der Waals surface area (Å²) >= 11 is 0.951. The van der Waals surface area contributed by atoms with Crippen molar-refractivity contribution in [3.05, 3.63) is 69.2 Å². The number of amides is 1. The Hall–Kier alpha value is -4.38. The number of aliphatic hydroxyl groups is 1. The van der Waals surface area contributed by atoms with E-state index >= 15 is 0 Å². The number of Topliss-reactive ketones (excluding diaryl/α,β-unsaturated/α-hetero) is 1. The molecule has 1 N–H and O–H groups in total. The summed E-state index contributed by atoms with van der Waals surface area (Å²) in [7, 11) is 0. The molecule has 1 saturated heterocycles. The Kier molecular flexibility index (Phi) is 8.22. The number of hydrogen-bond donors (Lipinski definition) is 1. The maximum Gasteiger partial charge on any atom is 0.350 e. The van der Waals surface area contributed by atoms with Crippen molar-refractivity contribution in [1.82, 2.24) is 4.98 Å². The van der Waals surface area contributed by atoms with E-state index in [0.29, 0.717) is 53.7 Å². The fourth-order valence-corrected chi connectivity index (χ4v) is 6.17. The van der Waals surface area contributed by atoms with Gasteiger partial charge in [0.25, 0.3) is 5.78 Å². The van der Waals surface area contributed by atoms with E-state index in [0.717, 1.165) is 16.9 Å². The highest BCUT2D eigenvalue weighted by atomic mass is 32.1. The van der Waals surface area contributed by atoms with Crippen LogP contribution in [0.3, 0.4) is 0 Å². The Bertz CT molecular complexity index is 1590. The highest BCUT2D eigenvalue weighted by Gasteiger charge is 2.49. The lowest BCUT2D eigenvalue weighted by Crippen LogP contribution is -2.29. The monoisotopic (exact) mass is 592 g/mol. The van der Waals surface area contributed by atoms with E-state index in [9.17, 15) is 19.5 Å². The standard InChI is InChI=1S/C31H32N2O8S/c1-6-38-22-12-9-18(15-23(22)39-7-2)25-24(26(34)19-10-11-21-20(14-19)13-16(4)41-21)27(35)29(36)33(25)31-32-17(5)28(42-31)30(37)40-8-3/h9-12,14-16,25,34H,6-8,13H2,1-5H3/t16-,25-/m1/s1. The molecule has 5 rings (SSSR count). The highest BCUT2D eigenvalue weighted by Crippen LogP contribution is 2.46. The van der Waals surface area contributed by atoms with Crippen molar-refractivity contribution >= 4 is 39.9 Å². The summed E-state index contributed by atoms with van der Waals surface area (Å²) in [6.07, 6.45) is 0.644. The number of hydrogen-bond acceptors (Lipinski definition) is 10. The molecule has 3 aromatic rings. The third-order valence-corrected chi connectivity index (χ3v) is 8.09. The van der Waals surface area contributed by atoms with Crippen LogP contribution in [0.1, 0.15) is 65.8 Å². The number of aryl methyl sites for hydroxylation is 1. The van der Waals surface area contributed by atoms with Gasteiger partial charge in [-0.05, 0) is 76.1 Å². The van der Waals surface area contributed by atoms with Crippen molar-refractivity contribution in [2.45, 2.75) is 53.2 Å². The predicted octanol–water partition coefficient (Wildman–Crippen LogP) is 5.38. The number of anilines is 1. The molecule has 0 aliphatic carbocycles. The second kappa shape index (κ2) is 11.8. The van der Waals surface area contributed by atoms with Gasteiger partial charge in [-0.3, -0.25) is 14.5 Å². The minimum Gasteiger partial charge on any atom is -0.507 e. The number of rotatable bonds is 9. The molecule has 2 aromatic carbocycles. The number of carbonyl (C=O) groups excluding carboxylic acids is 3. The van der Waals surface area contributed by atoms with Crippen LogP contribution < -0.4 is 19.1 Å². The number of fused-ring (bicyclic) bond motifs is 1. The van der Waals surface area contributed by atoms with E-state index in [4.69, 9.17) is 18.9 Å². The van der Waals surface area contributed by atoms with Gasteiger partial charge < -0.3 is 24.1 Å². The zero-order valence-electron chi connectivity index (χ0n) is 24.1. The van der Waals surface area contributed by atoms with Crippen LogP contribution in [0.4, 0.5) is 5.13 Å². The number of ether oxygens (including phenoxy) is 4. The number of thiazole rings is 1. The van der Waals surface area contributed by atoms with Gasteiger partial charge in [-0.15, -0.1) is 0 Å². The van der Waals surface area contributed by atoms with Gasteiger partial charge in [0.05, 0.1) is 37.1 Å². The van der Waals surface area contributed by atoms with Crippen LogP contribution in [0.5, 0.6) is 17.2 Å². The average Bonchev–Trinajstić information content (AvgIpc) is 3.61. The first-order chi connectivity index (χ1) is 20.2. The molecule has 11 heteroatoms. The number of carbonyl (C=O) groups is 3. The van der Waals surface area contributed by atoms with Gasteiger partial charge in [-0.1, -0.05) is 17.4 Å². The van der Waals surface area contributed by atoms with Crippen LogP contribution in [0.2, 0.25) is 0 Å². The second-order valence-electron chi connectivity index (χ2n) is 9.83. The lowest BCUT2D eigenvalue weighted by atomic mass is 9.94. The maximum absolute atomic E-state index is 13.7. The molecule has 0 radical (unpaired) electrons. The van der Waals surface area contributed by atoms with E-state index in [1.54, 1.807) is 50.2 Å². The predicted molar refractivity (Wildman–Crippen MR) is 157 cm³/mol. The van der Waals surface area contributed by atoms with Gasteiger partial charge in [0.15, 0.2) is 16.6 Å². The van der Waals surface area contributed by atoms with Crippen molar-refractivity contribution in [3.63, 3.8) is 0 Å². The highest BCUT2D eigenvalue weighted by molar-refractivity contribution is 7.17. The minimum absolute atomic E-state index is 0.00875. The molecule has 10 nitrogen and oxygen atoms in total. The average molecular weight is 593 g/mol. The number of esters is 1. The molecule has 220 valence electrons. The summed E-state index contributed by atoms with van der Waals surface area (Å²) in [5.41, 5.74) is 2.03. The number of aromatic nitrogens is 1. The van der Waals surface area contributed by atoms with Crippen molar-refractivity contribution in [2.75, 3.05) is 24.7 Å². The Morgan fingerprint density at radius 3 is 2.52 bits per heavy atom. The Morgan fingerprint density at radius 1 is 1.07 bits per heavy atom. The van der Waals surface area contributed by atoms with Crippen LogP contribution in [-0.4, -0.2) is 53.7 Å². The molecule has 0 spiro atoms. The molecule has 2 atom stereocenters. The maximum atomic E-state index is 13.7. The zero-order chi connectivity index (χ0) is 30.1. The molecule has 42 heavy (non-hydrogen) atoms. The quantitative estimate of drug-likeness (QED) is 0.151. The fourth-order valence-electron chi connectivity index (χ4n) is 5.18.